The highest BCUT2D eigenvalue weighted by Crippen LogP contribution is 2.48. The molecule has 1 fully saturated rings. The SMILES string of the molecule is CC(=O)OC1[C@H](C(C)C)[C@H](OC(C)=O)C/C(C)=C/CC[C@@]2(C)O[C@H]12. The molecule has 5 heteroatoms. The molecule has 2 aliphatic rings. The van der Waals surface area contributed by atoms with Crippen molar-refractivity contribution in [3.63, 3.8) is 0 Å². The van der Waals surface area contributed by atoms with E-state index in [0.29, 0.717) is 6.42 Å². The van der Waals surface area contributed by atoms with Crippen molar-refractivity contribution in [2.75, 3.05) is 0 Å². The van der Waals surface area contributed by atoms with Crippen molar-refractivity contribution in [2.24, 2.45) is 11.8 Å². The first-order valence-electron chi connectivity index (χ1n) is 8.82. The first-order valence-corrected chi connectivity index (χ1v) is 8.82. The van der Waals surface area contributed by atoms with Crippen LogP contribution < -0.4 is 0 Å². The number of esters is 2. The third-order valence-corrected chi connectivity index (χ3v) is 5.09. The first-order chi connectivity index (χ1) is 11.1. The highest BCUT2D eigenvalue weighted by Gasteiger charge is 2.60. The Morgan fingerprint density at radius 3 is 2.42 bits per heavy atom. The van der Waals surface area contributed by atoms with Gasteiger partial charge in [-0.25, -0.2) is 0 Å². The maximum absolute atomic E-state index is 11.7. The number of hydrogen-bond acceptors (Lipinski definition) is 5. The van der Waals surface area contributed by atoms with Crippen molar-refractivity contribution in [1.82, 2.24) is 0 Å². The largest absolute Gasteiger partial charge is 0.462 e. The van der Waals surface area contributed by atoms with Gasteiger partial charge in [0.15, 0.2) is 0 Å². The number of allylic oxidation sites excluding steroid dienone is 1. The van der Waals surface area contributed by atoms with Gasteiger partial charge in [0.05, 0.1) is 5.60 Å². The molecular weight excluding hydrogens is 308 g/mol. The van der Waals surface area contributed by atoms with Gasteiger partial charge >= 0.3 is 11.9 Å². The summed E-state index contributed by atoms with van der Waals surface area (Å²) in [7, 11) is 0. The minimum atomic E-state index is -0.400. The molecule has 2 rings (SSSR count). The van der Waals surface area contributed by atoms with Gasteiger partial charge in [-0.3, -0.25) is 9.59 Å². The second-order valence-corrected chi connectivity index (χ2v) is 7.69. The summed E-state index contributed by atoms with van der Waals surface area (Å²) in [6, 6.07) is 0. The highest BCUT2D eigenvalue weighted by molar-refractivity contribution is 5.67. The van der Waals surface area contributed by atoms with E-state index < -0.39 is 6.10 Å². The summed E-state index contributed by atoms with van der Waals surface area (Å²) < 4.78 is 17.3. The van der Waals surface area contributed by atoms with E-state index >= 15 is 0 Å². The molecule has 0 aromatic carbocycles. The molecule has 0 saturated carbocycles. The number of fused-ring (bicyclic) bond motifs is 1. The van der Waals surface area contributed by atoms with Crippen LogP contribution in [-0.2, 0) is 23.8 Å². The van der Waals surface area contributed by atoms with Crippen molar-refractivity contribution in [3.8, 4) is 0 Å². The van der Waals surface area contributed by atoms with Crippen LogP contribution in [0.15, 0.2) is 11.6 Å². The van der Waals surface area contributed by atoms with Gasteiger partial charge in [-0.2, -0.15) is 0 Å². The lowest BCUT2D eigenvalue weighted by molar-refractivity contribution is -0.163. The van der Waals surface area contributed by atoms with Crippen LogP contribution in [-0.4, -0.2) is 35.9 Å². The number of carbonyl (C=O) groups is 2. The molecule has 1 aliphatic heterocycles. The van der Waals surface area contributed by atoms with Gasteiger partial charge in [-0.05, 0) is 32.6 Å². The minimum absolute atomic E-state index is 0.105. The third-order valence-electron chi connectivity index (χ3n) is 5.09. The second-order valence-electron chi connectivity index (χ2n) is 7.69. The van der Waals surface area contributed by atoms with E-state index in [1.807, 2.05) is 0 Å². The van der Waals surface area contributed by atoms with Gasteiger partial charge in [0.2, 0.25) is 0 Å². The highest BCUT2D eigenvalue weighted by atomic mass is 16.6. The zero-order valence-electron chi connectivity index (χ0n) is 15.6. The molecule has 0 aromatic rings. The van der Waals surface area contributed by atoms with Gasteiger partial charge in [0.25, 0.3) is 0 Å². The second kappa shape index (κ2) is 7.26. The van der Waals surface area contributed by atoms with Crippen LogP contribution in [0, 0.1) is 11.8 Å². The third kappa shape index (κ3) is 4.38. The van der Waals surface area contributed by atoms with Crippen LogP contribution >= 0.6 is 0 Å². The lowest BCUT2D eigenvalue weighted by atomic mass is 9.78. The molecule has 1 heterocycles. The van der Waals surface area contributed by atoms with E-state index in [4.69, 9.17) is 14.2 Å². The Morgan fingerprint density at radius 2 is 1.88 bits per heavy atom. The molecule has 1 saturated heterocycles. The summed E-state index contributed by atoms with van der Waals surface area (Å²) in [5.74, 6) is -0.559. The quantitative estimate of drug-likeness (QED) is 0.448. The van der Waals surface area contributed by atoms with E-state index in [9.17, 15) is 9.59 Å². The van der Waals surface area contributed by atoms with Gasteiger partial charge < -0.3 is 14.2 Å². The molecule has 0 aromatic heterocycles. The standard InChI is InChI=1S/C19H30O5/c1-11(2)16-15(22-13(4)20)10-12(3)8-7-9-19(6)18(24-19)17(16)23-14(5)21/h8,11,15-18H,7,9-10H2,1-6H3/b12-8+/t15-,16-,17?,18-,19-/m1/s1. The number of carbonyl (C=O) groups excluding carboxylic acids is 2. The van der Waals surface area contributed by atoms with Crippen molar-refractivity contribution in [3.05, 3.63) is 11.6 Å². The van der Waals surface area contributed by atoms with E-state index in [2.05, 4.69) is 33.8 Å². The van der Waals surface area contributed by atoms with Crippen molar-refractivity contribution in [1.29, 1.82) is 0 Å². The minimum Gasteiger partial charge on any atom is -0.462 e. The topological polar surface area (TPSA) is 65.1 Å². The van der Waals surface area contributed by atoms with Gasteiger partial charge in [-0.15, -0.1) is 0 Å². The molecule has 5 atom stereocenters. The fourth-order valence-corrected chi connectivity index (χ4v) is 3.90. The number of ether oxygens (including phenoxy) is 3. The number of epoxide rings is 1. The monoisotopic (exact) mass is 338 g/mol. The smallest absolute Gasteiger partial charge is 0.303 e. The lowest BCUT2D eigenvalue weighted by Gasteiger charge is -2.36. The fourth-order valence-electron chi connectivity index (χ4n) is 3.90. The average molecular weight is 338 g/mol. The van der Waals surface area contributed by atoms with Crippen molar-refractivity contribution in [2.45, 2.75) is 84.7 Å². The van der Waals surface area contributed by atoms with Crippen LogP contribution in [0.4, 0.5) is 0 Å². The number of hydrogen-bond donors (Lipinski definition) is 0. The lowest BCUT2D eigenvalue weighted by Crippen LogP contribution is -2.45. The fraction of sp³-hybridized carbons (Fsp3) is 0.789. The first kappa shape index (κ1) is 19.0. The summed E-state index contributed by atoms with van der Waals surface area (Å²) in [4.78, 5) is 23.3. The van der Waals surface area contributed by atoms with E-state index in [-0.39, 0.29) is 41.6 Å². The number of rotatable bonds is 3. The molecule has 136 valence electrons. The van der Waals surface area contributed by atoms with Gasteiger partial charge in [0, 0.05) is 26.2 Å². The maximum atomic E-state index is 11.7. The molecule has 0 amide bonds. The predicted octanol–water partition coefficient (Wildman–Crippen LogP) is 3.41. The molecule has 24 heavy (non-hydrogen) atoms. The van der Waals surface area contributed by atoms with Crippen LogP contribution in [0.5, 0.6) is 0 Å². The van der Waals surface area contributed by atoms with E-state index in [1.165, 1.54) is 19.4 Å². The molecular formula is C19H30O5. The summed E-state index contributed by atoms with van der Waals surface area (Å²) in [6.45, 7) is 11.1. The summed E-state index contributed by atoms with van der Waals surface area (Å²) in [5.41, 5.74) is 0.915. The molecule has 0 radical (unpaired) electrons. The molecule has 1 unspecified atom stereocenters. The zero-order valence-corrected chi connectivity index (χ0v) is 15.6. The summed E-state index contributed by atoms with van der Waals surface area (Å²) in [6.07, 6.45) is 3.80. The summed E-state index contributed by atoms with van der Waals surface area (Å²) >= 11 is 0. The van der Waals surface area contributed by atoms with Crippen LogP contribution in [0.1, 0.15) is 60.8 Å². The molecule has 1 aliphatic carbocycles. The van der Waals surface area contributed by atoms with E-state index in [0.717, 1.165) is 12.8 Å². The van der Waals surface area contributed by atoms with Crippen molar-refractivity contribution < 1.29 is 23.8 Å². The molecule has 0 spiro atoms. The summed E-state index contributed by atoms with van der Waals surface area (Å²) in [5, 5.41) is 0. The van der Waals surface area contributed by atoms with Crippen LogP contribution in [0.2, 0.25) is 0 Å². The Hall–Kier alpha value is -1.36. The Bertz CT molecular complexity index is 524. The Kier molecular flexibility index (Phi) is 5.74. The molecule has 0 bridgehead atoms. The van der Waals surface area contributed by atoms with Crippen molar-refractivity contribution >= 4 is 11.9 Å². The van der Waals surface area contributed by atoms with E-state index in [1.54, 1.807) is 0 Å². The molecule has 5 nitrogen and oxygen atoms in total. The Morgan fingerprint density at radius 1 is 1.25 bits per heavy atom. The predicted molar refractivity (Wildman–Crippen MR) is 90.3 cm³/mol. The zero-order chi connectivity index (χ0) is 18.1. The van der Waals surface area contributed by atoms with Crippen LogP contribution in [0.25, 0.3) is 0 Å². The maximum Gasteiger partial charge on any atom is 0.303 e. The Balaban J connectivity index is 2.40. The van der Waals surface area contributed by atoms with Crippen LogP contribution in [0.3, 0.4) is 0 Å². The molecule has 0 N–H and O–H groups in total. The van der Waals surface area contributed by atoms with Gasteiger partial charge in [-0.1, -0.05) is 25.5 Å². The average Bonchev–Trinajstić information content (AvgIpc) is 3.07. The van der Waals surface area contributed by atoms with Gasteiger partial charge in [0.1, 0.15) is 18.3 Å². The Labute approximate surface area is 144 Å². The normalized spacial score (nSPS) is 38.5.